The quantitative estimate of drug-likeness (QED) is 0.654. The summed E-state index contributed by atoms with van der Waals surface area (Å²) in [5.74, 6) is 1.87. The molecule has 1 fully saturated rings. The van der Waals surface area contributed by atoms with Crippen molar-refractivity contribution in [3.63, 3.8) is 0 Å². The number of hydrogen-bond acceptors (Lipinski definition) is 4. The van der Waals surface area contributed by atoms with Crippen LogP contribution in [0.3, 0.4) is 0 Å². The second-order valence-corrected chi connectivity index (χ2v) is 7.35. The molecule has 7 nitrogen and oxygen atoms in total. The summed E-state index contributed by atoms with van der Waals surface area (Å²) in [5.41, 5.74) is 1.15. The number of carbonyl (C=O) groups is 2. The third-order valence-electron chi connectivity index (χ3n) is 5.27. The molecule has 0 bridgehead atoms. The molecule has 2 heterocycles. The van der Waals surface area contributed by atoms with Crippen molar-refractivity contribution in [1.29, 1.82) is 0 Å². The lowest BCUT2D eigenvalue weighted by molar-refractivity contribution is -0.127. The number of nitrogens with zero attached hydrogens (tertiary/aromatic N) is 1. The van der Waals surface area contributed by atoms with E-state index in [1.807, 2.05) is 35.2 Å². The van der Waals surface area contributed by atoms with Gasteiger partial charge in [-0.3, -0.25) is 4.79 Å². The van der Waals surface area contributed by atoms with Crippen molar-refractivity contribution in [3.05, 3.63) is 60.1 Å². The number of urea groups is 1. The van der Waals surface area contributed by atoms with E-state index in [2.05, 4.69) is 10.6 Å². The van der Waals surface area contributed by atoms with Crippen molar-refractivity contribution in [3.8, 4) is 5.75 Å². The molecular formula is C23H29N3O4. The second kappa shape index (κ2) is 11.1. The summed E-state index contributed by atoms with van der Waals surface area (Å²) in [6.45, 7) is 2.60. The van der Waals surface area contributed by atoms with Crippen LogP contribution < -0.4 is 15.4 Å². The van der Waals surface area contributed by atoms with E-state index in [1.54, 1.807) is 31.6 Å². The second-order valence-electron chi connectivity index (χ2n) is 7.35. The summed E-state index contributed by atoms with van der Waals surface area (Å²) in [6, 6.07) is 11.3. The van der Waals surface area contributed by atoms with E-state index in [0.717, 1.165) is 30.6 Å². The first kappa shape index (κ1) is 21.5. The predicted molar refractivity (Wildman–Crippen MR) is 115 cm³/mol. The Balaban J connectivity index is 1.29. The molecule has 1 saturated heterocycles. The number of piperidine rings is 1. The molecule has 0 aliphatic carbocycles. The Bertz CT molecular complexity index is 823. The predicted octanol–water partition coefficient (Wildman–Crippen LogP) is 3.08. The van der Waals surface area contributed by atoms with Crippen LogP contribution in [0.5, 0.6) is 5.75 Å². The van der Waals surface area contributed by atoms with Crippen LogP contribution >= 0.6 is 0 Å². The first-order chi connectivity index (χ1) is 14.6. The number of benzene rings is 1. The van der Waals surface area contributed by atoms with Gasteiger partial charge < -0.3 is 24.7 Å². The lowest BCUT2D eigenvalue weighted by Crippen LogP contribution is -2.43. The molecule has 0 atom stereocenters. The van der Waals surface area contributed by atoms with Crippen molar-refractivity contribution in [1.82, 2.24) is 15.5 Å². The standard InChI is InChI=1S/C23H29N3O4/c1-29-20-6-4-18(5-7-20)10-13-24-23(28)25-17-19-11-14-26(15-12-19)22(27)9-8-21-3-2-16-30-21/h2-9,16,19H,10-15,17H2,1H3,(H2,24,25,28)/b9-8+. The van der Waals surface area contributed by atoms with Gasteiger partial charge in [-0.1, -0.05) is 12.1 Å². The number of ether oxygens (including phenoxy) is 1. The molecule has 160 valence electrons. The van der Waals surface area contributed by atoms with Gasteiger partial charge in [0.2, 0.25) is 5.91 Å². The van der Waals surface area contributed by atoms with Gasteiger partial charge in [0.25, 0.3) is 0 Å². The van der Waals surface area contributed by atoms with Crippen molar-refractivity contribution in [2.45, 2.75) is 19.3 Å². The van der Waals surface area contributed by atoms with Crippen LogP contribution in [0.4, 0.5) is 4.79 Å². The van der Waals surface area contributed by atoms with Gasteiger partial charge in [-0.2, -0.15) is 0 Å². The van der Waals surface area contributed by atoms with Gasteiger partial charge in [0.05, 0.1) is 13.4 Å². The lowest BCUT2D eigenvalue weighted by Gasteiger charge is -2.31. The number of furan rings is 1. The fraction of sp³-hybridized carbons (Fsp3) is 0.391. The highest BCUT2D eigenvalue weighted by atomic mass is 16.5. The number of rotatable bonds is 8. The first-order valence-corrected chi connectivity index (χ1v) is 10.3. The number of likely N-dealkylation sites (tertiary alicyclic amines) is 1. The number of methoxy groups -OCH3 is 1. The Hall–Kier alpha value is -3.22. The number of carbonyl (C=O) groups excluding carboxylic acids is 2. The molecule has 30 heavy (non-hydrogen) atoms. The minimum Gasteiger partial charge on any atom is -0.497 e. The minimum absolute atomic E-state index is 0.00548. The fourth-order valence-electron chi connectivity index (χ4n) is 3.41. The lowest BCUT2D eigenvalue weighted by atomic mass is 9.97. The van der Waals surface area contributed by atoms with E-state index < -0.39 is 0 Å². The first-order valence-electron chi connectivity index (χ1n) is 10.3. The van der Waals surface area contributed by atoms with Gasteiger partial charge in [-0.15, -0.1) is 0 Å². The van der Waals surface area contributed by atoms with E-state index in [9.17, 15) is 9.59 Å². The van der Waals surface area contributed by atoms with Crippen LogP contribution in [-0.2, 0) is 11.2 Å². The molecule has 1 aliphatic rings. The molecule has 7 heteroatoms. The normalized spacial score (nSPS) is 14.6. The Morgan fingerprint density at radius 1 is 1.17 bits per heavy atom. The molecule has 0 radical (unpaired) electrons. The van der Waals surface area contributed by atoms with E-state index >= 15 is 0 Å². The monoisotopic (exact) mass is 411 g/mol. The van der Waals surface area contributed by atoms with Gasteiger partial charge in [-0.25, -0.2) is 4.79 Å². The topological polar surface area (TPSA) is 83.8 Å². The SMILES string of the molecule is COc1ccc(CCNC(=O)NCC2CCN(C(=O)/C=C/c3ccco3)CC2)cc1. The van der Waals surface area contributed by atoms with Crippen molar-refractivity contribution in [2.75, 3.05) is 33.3 Å². The van der Waals surface area contributed by atoms with Gasteiger partial charge in [0, 0.05) is 32.3 Å². The Labute approximate surface area is 177 Å². The van der Waals surface area contributed by atoms with E-state index in [0.29, 0.717) is 37.9 Å². The summed E-state index contributed by atoms with van der Waals surface area (Å²) in [7, 11) is 1.64. The summed E-state index contributed by atoms with van der Waals surface area (Å²) < 4.78 is 10.3. The van der Waals surface area contributed by atoms with E-state index in [4.69, 9.17) is 9.15 Å². The molecule has 0 spiro atoms. The molecule has 0 saturated carbocycles. The summed E-state index contributed by atoms with van der Waals surface area (Å²) in [5, 5.41) is 5.84. The van der Waals surface area contributed by atoms with Gasteiger partial charge in [0.15, 0.2) is 0 Å². The zero-order chi connectivity index (χ0) is 21.2. The van der Waals surface area contributed by atoms with E-state index in [1.165, 1.54) is 0 Å². The number of amides is 3. The molecule has 2 N–H and O–H groups in total. The number of hydrogen-bond donors (Lipinski definition) is 2. The molecule has 0 unspecified atom stereocenters. The third kappa shape index (κ3) is 6.69. The molecule has 3 rings (SSSR count). The van der Waals surface area contributed by atoms with Crippen molar-refractivity contribution in [2.24, 2.45) is 5.92 Å². The number of nitrogens with one attached hydrogen (secondary N) is 2. The van der Waals surface area contributed by atoms with Crippen LogP contribution in [0.2, 0.25) is 0 Å². The Morgan fingerprint density at radius 2 is 1.93 bits per heavy atom. The molecule has 3 amide bonds. The third-order valence-corrected chi connectivity index (χ3v) is 5.27. The van der Waals surface area contributed by atoms with Crippen LogP contribution in [0.25, 0.3) is 6.08 Å². The van der Waals surface area contributed by atoms with Gasteiger partial charge >= 0.3 is 6.03 Å². The highest BCUT2D eigenvalue weighted by Gasteiger charge is 2.21. The zero-order valence-electron chi connectivity index (χ0n) is 17.3. The van der Waals surface area contributed by atoms with E-state index in [-0.39, 0.29) is 11.9 Å². The summed E-state index contributed by atoms with van der Waals surface area (Å²) in [4.78, 5) is 26.1. The molecule has 2 aromatic rings. The molecular weight excluding hydrogens is 382 g/mol. The van der Waals surface area contributed by atoms with Crippen LogP contribution in [0.1, 0.15) is 24.2 Å². The smallest absolute Gasteiger partial charge is 0.314 e. The Morgan fingerprint density at radius 3 is 2.60 bits per heavy atom. The highest BCUT2D eigenvalue weighted by Crippen LogP contribution is 2.17. The average Bonchev–Trinajstić information content (AvgIpc) is 3.30. The molecule has 1 aliphatic heterocycles. The maximum Gasteiger partial charge on any atom is 0.314 e. The van der Waals surface area contributed by atoms with Crippen molar-refractivity contribution >= 4 is 18.0 Å². The summed E-state index contributed by atoms with van der Waals surface area (Å²) >= 11 is 0. The zero-order valence-corrected chi connectivity index (χ0v) is 17.3. The minimum atomic E-state index is -0.150. The molecule has 1 aromatic heterocycles. The summed E-state index contributed by atoms with van der Waals surface area (Å²) in [6.07, 6.45) is 7.35. The van der Waals surface area contributed by atoms with Crippen molar-refractivity contribution < 1.29 is 18.7 Å². The largest absolute Gasteiger partial charge is 0.497 e. The Kier molecular flexibility index (Phi) is 7.94. The van der Waals surface area contributed by atoms with Crippen LogP contribution in [0, 0.1) is 5.92 Å². The fourth-order valence-corrected chi connectivity index (χ4v) is 3.41. The maximum absolute atomic E-state index is 12.2. The van der Waals surface area contributed by atoms with Gasteiger partial charge in [0.1, 0.15) is 11.5 Å². The van der Waals surface area contributed by atoms with Gasteiger partial charge in [-0.05, 0) is 61.1 Å². The average molecular weight is 412 g/mol. The maximum atomic E-state index is 12.2. The van der Waals surface area contributed by atoms with Crippen LogP contribution in [-0.4, -0.2) is 50.1 Å². The van der Waals surface area contributed by atoms with Crippen LogP contribution in [0.15, 0.2) is 53.2 Å². The molecule has 1 aromatic carbocycles. The highest BCUT2D eigenvalue weighted by molar-refractivity contribution is 5.91.